The number of aliphatic hydroxyl groups is 1. The standard InChI is InChI=1S/C28H50O2Si/c1-9-10-19-17-20-18-21(30-31(7,8)26(2,3)4)13-15-27(20,5)23-14-16-28(6)22(25(19)23)11-12-24(28)29/h17,19,21-25,29H,9-16,18H2,1-8H3/t19-,21-,22-,23-,24?,25-,27-,28-/m0/s1. The Balaban J connectivity index is 1.62. The maximum Gasteiger partial charge on any atom is 0.192 e. The highest BCUT2D eigenvalue weighted by Gasteiger charge is 2.60. The minimum absolute atomic E-state index is 0.0763. The molecule has 0 heterocycles. The predicted octanol–water partition coefficient (Wildman–Crippen LogP) is 7.73. The summed E-state index contributed by atoms with van der Waals surface area (Å²) in [5.41, 5.74) is 2.26. The predicted molar refractivity (Wildman–Crippen MR) is 134 cm³/mol. The van der Waals surface area contributed by atoms with E-state index in [1.54, 1.807) is 5.57 Å². The van der Waals surface area contributed by atoms with Gasteiger partial charge >= 0.3 is 0 Å². The molecule has 31 heavy (non-hydrogen) atoms. The molecular formula is C28H50O2Si. The van der Waals surface area contributed by atoms with E-state index in [9.17, 15) is 5.11 Å². The molecule has 0 aliphatic heterocycles. The Bertz CT molecular complexity index is 706. The molecule has 4 aliphatic rings. The quantitative estimate of drug-likeness (QED) is 0.353. The van der Waals surface area contributed by atoms with Crippen LogP contribution >= 0.6 is 0 Å². The van der Waals surface area contributed by atoms with E-state index >= 15 is 0 Å². The van der Waals surface area contributed by atoms with Gasteiger partial charge in [-0.05, 0) is 104 Å². The molecule has 0 aromatic rings. The van der Waals surface area contributed by atoms with Crippen molar-refractivity contribution in [1.29, 1.82) is 0 Å². The van der Waals surface area contributed by atoms with Crippen LogP contribution in [0.15, 0.2) is 11.6 Å². The van der Waals surface area contributed by atoms with Crippen molar-refractivity contribution in [3.05, 3.63) is 11.6 Å². The molecular weight excluding hydrogens is 396 g/mol. The smallest absolute Gasteiger partial charge is 0.192 e. The topological polar surface area (TPSA) is 29.5 Å². The second kappa shape index (κ2) is 7.98. The van der Waals surface area contributed by atoms with Crippen LogP contribution in [0.2, 0.25) is 18.1 Å². The van der Waals surface area contributed by atoms with Crippen LogP contribution in [0.5, 0.6) is 0 Å². The second-order valence-electron chi connectivity index (χ2n) is 13.7. The van der Waals surface area contributed by atoms with Crippen LogP contribution in [-0.4, -0.2) is 25.6 Å². The van der Waals surface area contributed by atoms with Gasteiger partial charge in [0.05, 0.1) is 6.10 Å². The first-order valence-electron chi connectivity index (χ1n) is 13.4. The van der Waals surface area contributed by atoms with Crippen molar-refractivity contribution in [2.45, 2.75) is 130 Å². The average molecular weight is 447 g/mol. The van der Waals surface area contributed by atoms with E-state index in [2.05, 4.69) is 60.7 Å². The van der Waals surface area contributed by atoms with E-state index < -0.39 is 8.32 Å². The number of fused-ring (bicyclic) bond motifs is 5. The van der Waals surface area contributed by atoms with Crippen molar-refractivity contribution in [3.63, 3.8) is 0 Å². The lowest BCUT2D eigenvalue weighted by Crippen LogP contribution is -2.54. The molecule has 3 heteroatoms. The van der Waals surface area contributed by atoms with Crippen molar-refractivity contribution < 1.29 is 9.53 Å². The molecule has 8 atom stereocenters. The molecule has 0 aromatic carbocycles. The Morgan fingerprint density at radius 2 is 1.77 bits per heavy atom. The van der Waals surface area contributed by atoms with Crippen LogP contribution in [0.1, 0.15) is 99.3 Å². The number of hydrogen-bond donors (Lipinski definition) is 1. The first kappa shape index (κ1) is 24.0. The molecule has 4 rings (SSSR count). The van der Waals surface area contributed by atoms with Crippen LogP contribution < -0.4 is 0 Å². The van der Waals surface area contributed by atoms with Gasteiger partial charge in [0, 0.05) is 6.10 Å². The summed E-state index contributed by atoms with van der Waals surface area (Å²) in [6, 6.07) is 0. The number of aliphatic hydroxyl groups excluding tert-OH is 1. The first-order chi connectivity index (χ1) is 14.3. The van der Waals surface area contributed by atoms with E-state index in [0.29, 0.717) is 23.4 Å². The van der Waals surface area contributed by atoms with Crippen molar-refractivity contribution >= 4 is 8.32 Å². The van der Waals surface area contributed by atoms with Crippen LogP contribution in [0.25, 0.3) is 0 Å². The van der Waals surface area contributed by atoms with E-state index in [-0.39, 0.29) is 16.6 Å². The molecule has 0 bridgehead atoms. The van der Waals surface area contributed by atoms with Gasteiger partial charge in [-0.2, -0.15) is 0 Å². The van der Waals surface area contributed by atoms with Gasteiger partial charge in [0.2, 0.25) is 0 Å². The zero-order chi connectivity index (χ0) is 22.8. The van der Waals surface area contributed by atoms with Gasteiger partial charge < -0.3 is 9.53 Å². The largest absolute Gasteiger partial charge is 0.414 e. The Kier molecular flexibility index (Phi) is 6.18. The van der Waals surface area contributed by atoms with E-state index in [0.717, 1.165) is 24.7 Å². The summed E-state index contributed by atoms with van der Waals surface area (Å²) in [4.78, 5) is 0. The SMILES string of the molecule is CCC[C@H]1C=C2C[C@@H](O[Si](C)(C)C(C)(C)C)CC[C@]2(C)[C@H]2CC[C@]3(C)C(O)CC[C@H]3[C@H]12. The van der Waals surface area contributed by atoms with Crippen LogP contribution in [0.3, 0.4) is 0 Å². The van der Waals surface area contributed by atoms with Crippen molar-refractivity contribution in [2.75, 3.05) is 0 Å². The van der Waals surface area contributed by atoms with Gasteiger partial charge in [-0.15, -0.1) is 0 Å². The van der Waals surface area contributed by atoms with Gasteiger partial charge in [0.1, 0.15) is 0 Å². The molecule has 1 N–H and O–H groups in total. The summed E-state index contributed by atoms with van der Waals surface area (Å²) in [6.07, 6.45) is 14.2. The van der Waals surface area contributed by atoms with E-state index in [1.165, 1.54) is 44.9 Å². The molecule has 0 aromatic heterocycles. The lowest BCUT2D eigenvalue weighted by Gasteiger charge is -2.60. The third-order valence-corrected chi connectivity index (χ3v) is 15.6. The molecule has 0 saturated heterocycles. The van der Waals surface area contributed by atoms with Gasteiger partial charge in [-0.3, -0.25) is 0 Å². The maximum absolute atomic E-state index is 10.9. The second-order valence-corrected chi connectivity index (χ2v) is 18.5. The third kappa shape index (κ3) is 3.83. The molecule has 4 aliphatic carbocycles. The van der Waals surface area contributed by atoms with E-state index in [4.69, 9.17) is 4.43 Å². The molecule has 0 radical (unpaired) electrons. The fraction of sp³-hybridized carbons (Fsp3) is 0.929. The number of hydrogen-bond acceptors (Lipinski definition) is 2. The fourth-order valence-electron chi connectivity index (χ4n) is 8.06. The Morgan fingerprint density at radius 1 is 1.06 bits per heavy atom. The third-order valence-electron chi connectivity index (χ3n) is 11.1. The highest BCUT2D eigenvalue weighted by atomic mass is 28.4. The van der Waals surface area contributed by atoms with Crippen molar-refractivity contribution in [2.24, 2.45) is 34.5 Å². The number of allylic oxidation sites excluding steroid dienone is 1. The van der Waals surface area contributed by atoms with Gasteiger partial charge in [-0.25, -0.2) is 0 Å². The minimum atomic E-state index is -1.73. The minimum Gasteiger partial charge on any atom is -0.414 e. The Labute approximate surface area is 193 Å². The monoisotopic (exact) mass is 446 g/mol. The molecule has 3 saturated carbocycles. The summed E-state index contributed by atoms with van der Waals surface area (Å²) < 4.78 is 6.93. The summed E-state index contributed by atoms with van der Waals surface area (Å²) in [6.45, 7) is 19.3. The van der Waals surface area contributed by atoms with Crippen LogP contribution in [-0.2, 0) is 4.43 Å². The van der Waals surface area contributed by atoms with Gasteiger partial charge in [-0.1, -0.05) is 59.6 Å². The summed E-state index contributed by atoms with van der Waals surface area (Å²) >= 11 is 0. The van der Waals surface area contributed by atoms with Crippen molar-refractivity contribution in [1.82, 2.24) is 0 Å². The zero-order valence-electron chi connectivity index (χ0n) is 21.8. The normalized spacial score (nSPS) is 45.5. The van der Waals surface area contributed by atoms with E-state index in [1.807, 2.05) is 0 Å². The van der Waals surface area contributed by atoms with Gasteiger partial charge in [0.25, 0.3) is 0 Å². The average Bonchev–Trinajstić information content (AvgIpc) is 2.97. The van der Waals surface area contributed by atoms with Crippen LogP contribution in [0, 0.1) is 34.5 Å². The fourth-order valence-corrected chi connectivity index (χ4v) is 9.45. The molecule has 1 unspecified atom stereocenters. The molecule has 0 spiro atoms. The zero-order valence-corrected chi connectivity index (χ0v) is 22.8. The van der Waals surface area contributed by atoms with Crippen molar-refractivity contribution in [3.8, 4) is 0 Å². The first-order valence-corrected chi connectivity index (χ1v) is 16.3. The number of rotatable bonds is 4. The lowest BCUT2D eigenvalue weighted by atomic mass is 9.45. The Morgan fingerprint density at radius 3 is 2.42 bits per heavy atom. The summed E-state index contributed by atoms with van der Waals surface area (Å²) in [5, 5.41) is 11.1. The maximum atomic E-state index is 10.9. The van der Waals surface area contributed by atoms with Gasteiger partial charge in [0.15, 0.2) is 8.32 Å². The Hall–Kier alpha value is -0.123. The van der Waals surface area contributed by atoms with Crippen LogP contribution in [0.4, 0.5) is 0 Å². The lowest BCUT2D eigenvalue weighted by molar-refractivity contribution is -0.0876. The molecule has 0 amide bonds. The summed E-state index contributed by atoms with van der Waals surface area (Å²) in [7, 11) is -1.73. The highest BCUT2D eigenvalue weighted by Crippen LogP contribution is 2.66. The molecule has 3 fully saturated rings. The molecule has 2 nitrogen and oxygen atoms in total. The summed E-state index contributed by atoms with van der Waals surface area (Å²) in [5.74, 6) is 3.01. The highest BCUT2D eigenvalue weighted by molar-refractivity contribution is 6.74. The molecule has 178 valence electrons.